The van der Waals surface area contributed by atoms with Crippen LogP contribution in [0, 0.1) is 5.92 Å². The second-order valence-electron chi connectivity index (χ2n) is 6.45. The molecule has 0 unspecified atom stereocenters. The first-order valence-electron chi connectivity index (χ1n) is 8.84. The molecule has 1 heterocycles. The summed E-state index contributed by atoms with van der Waals surface area (Å²) in [7, 11) is 1.73. The Balaban J connectivity index is 2.47. The van der Waals surface area contributed by atoms with Crippen LogP contribution in [-0.4, -0.2) is 49.6 Å². The molecule has 0 aliphatic carbocycles. The van der Waals surface area contributed by atoms with Gasteiger partial charge < -0.3 is 14.6 Å². The van der Waals surface area contributed by atoms with Crippen LogP contribution in [0.15, 0.2) is 12.2 Å². The third-order valence-corrected chi connectivity index (χ3v) is 4.49. The Morgan fingerprint density at radius 3 is 2.87 bits per heavy atom. The van der Waals surface area contributed by atoms with Crippen LogP contribution in [0.5, 0.6) is 0 Å². The van der Waals surface area contributed by atoms with Gasteiger partial charge in [-0.25, -0.2) is 0 Å². The zero-order chi connectivity index (χ0) is 17.1. The molecule has 0 spiro atoms. The van der Waals surface area contributed by atoms with Crippen LogP contribution < -0.4 is 5.32 Å². The number of rotatable bonds is 11. The summed E-state index contributed by atoms with van der Waals surface area (Å²) in [4.78, 5) is 11.4. The Kier molecular flexibility index (Phi) is 10.2. The van der Waals surface area contributed by atoms with E-state index < -0.39 is 12.0 Å². The Morgan fingerprint density at radius 1 is 1.52 bits per heavy atom. The molecule has 1 saturated heterocycles. The molecule has 23 heavy (non-hydrogen) atoms. The van der Waals surface area contributed by atoms with E-state index in [2.05, 4.69) is 19.2 Å². The molecule has 0 radical (unpaired) electrons. The van der Waals surface area contributed by atoms with E-state index in [-0.39, 0.29) is 12.1 Å². The minimum absolute atomic E-state index is 0.121. The van der Waals surface area contributed by atoms with Gasteiger partial charge in [-0.15, -0.1) is 0 Å². The smallest absolute Gasteiger partial charge is 0.324 e. The third kappa shape index (κ3) is 7.95. The minimum atomic E-state index is -0.847. The van der Waals surface area contributed by atoms with E-state index in [1.807, 2.05) is 6.08 Å². The highest BCUT2D eigenvalue weighted by Gasteiger charge is 2.21. The van der Waals surface area contributed by atoms with Crippen molar-refractivity contribution in [3.05, 3.63) is 12.2 Å². The monoisotopic (exact) mass is 327 g/mol. The first kappa shape index (κ1) is 20.1. The molecule has 0 saturated carbocycles. The summed E-state index contributed by atoms with van der Waals surface area (Å²) in [5, 5.41) is 12.5. The van der Waals surface area contributed by atoms with Gasteiger partial charge in [0.2, 0.25) is 0 Å². The van der Waals surface area contributed by atoms with E-state index in [4.69, 9.17) is 9.47 Å². The number of hydrogen-bond donors (Lipinski definition) is 2. The average Bonchev–Trinajstić information content (AvgIpc) is 2.56. The molecule has 0 aromatic carbocycles. The molecule has 1 aliphatic rings. The maximum absolute atomic E-state index is 11.4. The molecule has 134 valence electrons. The predicted octanol–water partition coefficient (Wildman–Crippen LogP) is 3.00. The summed E-state index contributed by atoms with van der Waals surface area (Å²) in [5.74, 6) is -0.368. The number of hydrogen-bond acceptors (Lipinski definition) is 4. The van der Waals surface area contributed by atoms with Crippen molar-refractivity contribution in [1.29, 1.82) is 0 Å². The zero-order valence-corrected chi connectivity index (χ0v) is 14.8. The number of aliphatic carboxylic acids is 1. The number of unbranched alkanes of at least 4 members (excludes halogenated alkanes) is 1. The molecule has 0 amide bonds. The van der Waals surface area contributed by atoms with Crippen molar-refractivity contribution < 1.29 is 19.4 Å². The fourth-order valence-electron chi connectivity index (χ4n) is 2.96. The van der Waals surface area contributed by atoms with Gasteiger partial charge in [0.15, 0.2) is 0 Å². The lowest BCUT2D eigenvalue weighted by Gasteiger charge is -2.25. The summed E-state index contributed by atoms with van der Waals surface area (Å²) in [6.45, 7) is 5.75. The van der Waals surface area contributed by atoms with Crippen LogP contribution in [0.1, 0.15) is 52.4 Å². The standard InChI is InChI=1S/C18H33NO4/c1-4-5-8-14(2)17(22-3)11-6-10-16(18(20)21)19-15-9-7-12-23-13-15/h6,10,14-17,19H,4-5,7-9,11-13H2,1-3H3,(H,20,21)/t14-,15+,16-,17+/m0/s1. The molecule has 5 heteroatoms. The van der Waals surface area contributed by atoms with Crippen LogP contribution in [0.3, 0.4) is 0 Å². The Bertz CT molecular complexity index is 353. The van der Waals surface area contributed by atoms with Gasteiger partial charge in [-0.3, -0.25) is 10.1 Å². The minimum Gasteiger partial charge on any atom is -0.480 e. The molecule has 4 atom stereocenters. The third-order valence-electron chi connectivity index (χ3n) is 4.49. The van der Waals surface area contributed by atoms with Crippen molar-refractivity contribution in [1.82, 2.24) is 5.32 Å². The molecular formula is C18H33NO4. The van der Waals surface area contributed by atoms with Crippen molar-refractivity contribution in [3.8, 4) is 0 Å². The summed E-state index contributed by atoms with van der Waals surface area (Å²) in [6.07, 6.45) is 10.0. The molecule has 1 aliphatic heterocycles. The van der Waals surface area contributed by atoms with E-state index in [9.17, 15) is 9.90 Å². The number of methoxy groups -OCH3 is 1. The predicted molar refractivity (Wildman–Crippen MR) is 91.6 cm³/mol. The highest BCUT2D eigenvalue weighted by atomic mass is 16.5. The Morgan fingerprint density at radius 2 is 2.30 bits per heavy atom. The Hall–Kier alpha value is -0.910. The van der Waals surface area contributed by atoms with Crippen LogP contribution in [0.4, 0.5) is 0 Å². The molecule has 2 N–H and O–H groups in total. The first-order chi connectivity index (χ1) is 11.1. The summed E-state index contributed by atoms with van der Waals surface area (Å²) < 4.78 is 11.0. The highest BCUT2D eigenvalue weighted by Crippen LogP contribution is 2.18. The fourth-order valence-corrected chi connectivity index (χ4v) is 2.96. The van der Waals surface area contributed by atoms with Crippen LogP contribution >= 0.6 is 0 Å². The van der Waals surface area contributed by atoms with Gasteiger partial charge in [0.25, 0.3) is 0 Å². The van der Waals surface area contributed by atoms with E-state index in [0.29, 0.717) is 12.5 Å². The van der Waals surface area contributed by atoms with Gasteiger partial charge in [0.1, 0.15) is 6.04 Å². The molecule has 5 nitrogen and oxygen atoms in total. The number of carboxylic acids is 1. The van der Waals surface area contributed by atoms with Gasteiger partial charge in [0.05, 0.1) is 12.7 Å². The van der Waals surface area contributed by atoms with Crippen LogP contribution in [-0.2, 0) is 14.3 Å². The van der Waals surface area contributed by atoms with Gasteiger partial charge in [-0.2, -0.15) is 0 Å². The zero-order valence-electron chi connectivity index (χ0n) is 14.8. The second-order valence-corrected chi connectivity index (χ2v) is 6.45. The molecule has 0 aromatic heterocycles. The van der Waals surface area contributed by atoms with Crippen molar-refractivity contribution in [3.63, 3.8) is 0 Å². The van der Waals surface area contributed by atoms with E-state index >= 15 is 0 Å². The fraction of sp³-hybridized carbons (Fsp3) is 0.833. The molecule has 0 bridgehead atoms. The van der Waals surface area contributed by atoms with E-state index in [0.717, 1.165) is 32.3 Å². The molecular weight excluding hydrogens is 294 g/mol. The van der Waals surface area contributed by atoms with E-state index in [1.54, 1.807) is 13.2 Å². The van der Waals surface area contributed by atoms with Gasteiger partial charge >= 0.3 is 5.97 Å². The lowest BCUT2D eigenvalue weighted by molar-refractivity contribution is -0.138. The maximum atomic E-state index is 11.4. The molecule has 0 aromatic rings. The van der Waals surface area contributed by atoms with Crippen LogP contribution in [0.2, 0.25) is 0 Å². The van der Waals surface area contributed by atoms with Crippen molar-refractivity contribution >= 4 is 5.97 Å². The summed E-state index contributed by atoms with van der Waals surface area (Å²) >= 11 is 0. The first-order valence-corrected chi connectivity index (χ1v) is 8.84. The average molecular weight is 327 g/mol. The van der Waals surface area contributed by atoms with Crippen molar-refractivity contribution in [2.24, 2.45) is 5.92 Å². The van der Waals surface area contributed by atoms with Gasteiger partial charge in [-0.1, -0.05) is 38.8 Å². The highest BCUT2D eigenvalue weighted by molar-refractivity contribution is 5.75. The van der Waals surface area contributed by atoms with E-state index in [1.165, 1.54) is 12.8 Å². The molecule has 1 rings (SSSR count). The van der Waals surface area contributed by atoms with Crippen molar-refractivity contribution in [2.75, 3.05) is 20.3 Å². The number of nitrogens with one attached hydrogen (secondary N) is 1. The number of ether oxygens (including phenoxy) is 2. The topological polar surface area (TPSA) is 67.8 Å². The summed E-state index contributed by atoms with van der Waals surface area (Å²) in [6, 6.07) is -0.540. The lowest BCUT2D eigenvalue weighted by atomic mass is 9.95. The van der Waals surface area contributed by atoms with Gasteiger partial charge in [-0.05, 0) is 31.6 Å². The lowest BCUT2D eigenvalue weighted by Crippen LogP contribution is -2.46. The number of carboxylic acid groups (broad SMARTS) is 1. The molecule has 1 fully saturated rings. The maximum Gasteiger partial charge on any atom is 0.324 e. The Labute approximate surface area is 140 Å². The van der Waals surface area contributed by atoms with Crippen LogP contribution in [0.25, 0.3) is 0 Å². The second kappa shape index (κ2) is 11.6. The SMILES string of the molecule is CCCC[C@H](C)[C@@H](CC=C[C@H](N[C@@H]1CCCOC1)C(=O)O)OC. The van der Waals surface area contributed by atoms with Gasteiger partial charge in [0, 0.05) is 19.8 Å². The summed E-state index contributed by atoms with van der Waals surface area (Å²) in [5.41, 5.74) is 0. The number of carbonyl (C=O) groups is 1. The quantitative estimate of drug-likeness (QED) is 0.571. The van der Waals surface area contributed by atoms with Crippen molar-refractivity contribution in [2.45, 2.75) is 70.6 Å². The normalized spacial score (nSPS) is 22.8. The largest absolute Gasteiger partial charge is 0.480 e.